The average molecular weight is 250 g/mol. The Bertz CT molecular complexity index is 348. The minimum Gasteiger partial charge on any atom is -0.395 e. The SMILES string of the molecule is CCC(CC)N(CCO)c1ccccc1C(C)N. The van der Waals surface area contributed by atoms with Crippen molar-refractivity contribution in [3.8, 4) is 0 Å². The molecule has 102 valence electrons. The second-order valence-corrected chi connectivity index (χ2v) is 4.73. The van der Waals surface area contributed by atoms with E-state index in [2.05, 4.69) is 30.9 Å². The summed E-state index contributed by atoms with van der Waals surface area (Å²) in [5.41, 5.74) is 8.36. The smallest absolute Gasteiger partial charge is 0.0606 e. The number of para-hydroxylation sites is 1. The van der Waals surface area contributed by atoms with Crippen molar-refractivity contribution in [1.82, 2.24) is 0 Å². The van der Waals surface area contributed by atoms with Gasteiger partial charge in [0.25, 0.3) is 0 Å². The van der Waals surface area contributed by atoms with Crippen LogP contribution in [0.5, 0.6) is 0 Å². The summed E-state index contributed by atoms with van der Waals surface area (Å²) >= 11 is 0. The standard InChI is InChI=1S/C15H26N2O/c1-4-13(5-2)17(10-11-18)15-9-7-6-8-14(15)12(3)16/h6-9,12-13,18H,4-5,10-11,16H2,1-3H3. The topological polar surface area (TPSA) is 49.5 Å². The van der Waals surface area contributed by atoms with E-state index >= 15 is 0 Å². The zero-order valence-electron chi connectivity index (χ0n) is 11.8. The van der Waals surface area contributed by atoms with Gasteiger partial charge >= 0.3 is 0 Å². The molecule has 0 heterocycles. The van der Waals surface area contributed by atoms with Crippen LogP contribution in [0, 0.1) is 0 Å². The highest BCUT2D eigenvalue weighted by molar-refractivity contribution is 5.55. The largest absolute Gasteiger partial charge is 0.395 e. The molecule has 3 N–H and O–H groups in total. The highest BCUT2D eigenvalue weighted by atomic mass is 16.3. The Balaban J connectivity index is 3.12. The molecule has 1 unspecified atom stereocenters. The lowest BCUT2D eigenvalue weighted by Gasteiger charge is -2.34. The zero-order valence-corrected chi connectivity index (χ0v) is 11.8. The number of anilines is 1. The van der Waals surface area contributed by atoms with Crippen LogP contribution in [0.4, 0.5) is 5.69 Å². The van der Waals surface area contributed by atoms with Crippen LogP contribution >= 0.6 is 0 Å². The molecule has 3 nitrogen and oxygen atoms in total. The third-order valence-corrected chi connectivity index (χ3v) is 3.46. The monoisotopic (exact) mass is 250 g/mol. The minimum absolute atomic E-state index is 0.0109. The van der Waals surface area contributed by atoms with Crippen LogP contribution in [0.2, 0.25) is 0 Å². The van der Waals surface area contributed by atoms with Crippen LogP contribution in [0.3, 0.4) is 0 Å². The summed E-state index contributed by atoms with van der Waals surface area (Å²) in [7, 11) is 0. The van der Waals surface area contributed by atoms with Crippen molar-refractivity contribution in [3.05, 3.63) is 29.8 Å². The first-order valence-corrected chi connectivity index (χ1v) is 6.87. The molecule has 0 radical (unpaired) electrons. The molecule has 0 bridgehead atoms. The Morgan fingerprint density at radius 1 is 1.22 bits per heavy atom. The lowest BCUT2D eigenvalue weighted by molar-refractivity contribution is 0.296. The maximum Gasteiger partial charge on any atom is 0.0606 e. The third kappa shape index (κ3) is 3.47. The normalized spacial score (nSPS) is 12.8. The van der Waals surface area contributed by atoms with Crippen LogP contribution in [0.15, 0.2) is 24.3 Å². The molecule has 0 saturated heterocycles. The number of nitrogens with two attached hydrogens (primary N) is 1. The lowest BCUT2D eigenvalue weighted by Crippen LogP contribution is -2.37. The van der Waals surface area contributed by atoms with Crippen molar-refractivity contribution in [3.63, 3.8) is 0 Å². The van der Waals surface area contributed by atoms with E-state index in [0.717, 1.165) is 24.1 Å². The van der Waals surface area contributed by atoms with Gasteiger partial charge < -0.3 is 15.7 Å². The van der Waals surface area contributed by atoms with Gasteiger partial charge in [-0.05, 0) is 31.4 Å². The fraction of sp³-hybridized carbons (Fsp3) is 0.600. The van der Waals surface area contributed by atoms with Gasteiger partial charge in [0.05, 0.1) is 6.61 Å². The third-order valence-electron chi connectivity index (χ3n) is 3.46. The van der Waals surface area contributed by atoms with Crippen LogP contribution in [-0.4, -0.2) is 24.3 Å². The Morgan fingerprint density at radius 3 is 2.33 bits per heavy atom. The Kier molecular flexibility index (Phi) is 6.16. The highest BCUT2D eigenvalue weighted by Crippen LogP contribution is 2.28. The summed E-state index contributed by atoms with van der Waals surface area (Å²) < 4.78 is 0. The lowest BCUT2D eigenvalue weighted by atomic mass is 10.0. The number of rotatable bonds is 7. The molecule has 0 aliphatic carbocycles. The molecule has 1 atom stereocenters. The van der Waals surface area contributed by atoms with E-state index in [0.29, 0.717) is 12.6 Å². The number of aliphatic hydroxyl groups is 1. The molecule has 18 heavy (non-hydrogen) atoms. The Hall–Kier alpha value is -1.06. The number of aliphatic hydroxyl groups excluding tert-OH is 1. The van der Waals surface area contributed by atoms with Crippen molar-refractivity contribution in [2.24, 2.45) is 5.73 Å². The van der Waals surface area contributed by atoms with E-state index in [9.17, 15) is 5.11 Å². The van der Waals surface area contributed by atoms with Crippen molar-refractivity contribution < 1.29 is 5.11 Å². The second kappa shape index (κ2) is 7.39. The van der Waals surface area contributed by atoms with Crippen LogP contribution < -0.4 is 10.6 Å². The molecule has 0 aliphatic rings. The molecule has 0 fully saturated rings. The molecule has 0 saturated carbocycles. The predicted octanol–water partition coefficient (Wildman–Crippen LogP) is 2.69. The summed E-state index contributed by atoms with van der Waals surface area (Å²) in [5, 5.41) is 9.29. The van der Waals surface area contributed by atoms with Crippen LogP contribution in [0.1, 0.15) is 45.2 Å². The number of nitrogens with zero attached hydrogens (tertiary/aromatic N) is 1. The molecular formula is C15H26N2O. The van der Waals surface area contributed by atoms with Crippen molar-refractivity contribution in [2.75, 3.05) is 18.1 Å². The van der Waals surface area contributed by atoms with E-state index in [1.54, 1.807) is 0 Å². The molecule has 0 spiro atoms. The fourth-order valence-electron chi connectivity index (χ4n) is 2.47. The molecule has 1 aromatic rings. The molecule has 0 amide bonds. The van der Waals surface area contributed by atoms with Crippen molar-refractivity contribution >= 4 is 5.69 Å². The molecular weight excluding hydrogens is 224 g/mol. The highest BCUT2D eigenvalue weighted by Gasteiger charge is 2.18. The van der Waals surface area contributed by atoms with Gasteiger partial charge in [0.15, 0.2) is 0 Å². The molecule has 0 aliphatic heterocycles. The van der Waals surface area contributed by atoms with Gasteiger partial charge in [-0.15, -0.1) is 0 Å². The first kappa shape index (κ1) is 15.0. The van der Waals surface area contributed by atoms with Crippen molar-refractivity contribution in [1.29, 1.82) is 0 Å². The van der Waals surface area contributed by atoms with E-state index in [4.69, 9.17) is 5.73 Å². The van der Waals surface area contributed by atoms with Crippen LogP contribution in [0.25, 0.3) is 0 Å². The van der Waals surface area contributed by atoms with E-state index in [1.165, 1.54) is 0 Å². The van der Waals surface area contributed by atoms with E-state index < -0.39 is 0 Å². The summed E-state index contributed by atoms with van der Waals surface area (Å²) in [6.45, 7) is 7.21. The minimum atomic E-state index is 0.0109. The summed E-state index contributed by atoms with van der Waals surface area (Å²) in [5.74, 6) is 0. The van der Waals surface area contributed by atoms with Gasteiger partial charge in [0.1, 0.15) is 0 Å². The van der Waals surface area contributed by atoms with Gasteiger partial charge in [-0.1, -0.05) is 32.0 Å². The Morgan fingerprint density at radius 2 is 1.83 bits per heavy atom. The van der Waals surface area contributed by atoms with Gasteiger partial charge in [-0.2, -0.15) is 0 Å². The molecule has 1 rings (SSSR count). The number of hydrogen-bond donors (Lipinski definition) is 2. The summed E-state index contributed by atoms with van der Waals surface area (Å²) in [4.78, 5) is 2.29. The molecule has 0 aromatic heterocycles. The fourth-order valence-corrected chi connectivity index (χ4v) is 2.47. The molecule has 1 aromatic carbocycles. The van der Waals surface area contributed by atoms with Gasteiger partial charge in [0, 0.05) is 24.3 Å². The Labute approximate surface area is 111 Å². The zero-order chi connectivity index (χ0) is 13.5. The van der Waals surface area contributed by atoms with E-state index in [1.807, 2.05) is 19.1 Å². The summed E-state index contributed by atoms with van der Waals surface area (Å²) in [6.07, 6.45) is 2.15. The van der Waals surface area contributed by atoms with Crippen molar-refractivity contribution in [2.45, 2.75) is 45.7 Å². The van der Waals surface area contributed by atoms with Crippen LogP contribution in [-0.2, 0) is 0 Å². The van der Waals surface area contributed by atoms with Gasteiger partial charge in [-0.25, -0.2) is 0 Å². The maximum atomic E-state index is 9.29. The summed E-state index contributed by atoms with van der Waals surface area (Å²) in [6, 6.07) is 8.70. The number of benzene rings is 1. The first-order chi connectivity index (χ1) is 8.65. The predicted molar refractivity (Wildman–Crippen MR) is 77.8 cm³/mol. The van der Waals surface area contributed by atoms with Gasteiger partial charge in [0.2, 0.25) is 0 Å². The quantitative estimate of drug-likeness (QED) is 0.782. The van der Waals surface area contributed by atoms with Gasteiger partial charge in [-0.3, -0.25) is 0 Å². The molecule has 3 heteroatoms. The second-order valence-electron chi connectivity index (χ2n) is 4.73. The first-order valence-electron chi connectivity index (χ1n) is 6.87. The van der Waals surface area contributed by atoms with E-state index in [-0.39, 0.29) is 12.6 Å². The average Bonchev–Trinajstić information content (AvgIpc) is 2.39. The maximum absolute atomic E-state index is 9.29. The number of hydrogen-bond acceptors (Lipinski definition) is 3.